The number of nitrogens with one attached hydrogen (secondary N) is 1. The SMILES string of the molecule is CC[C@@H](C)CCCC(C)(C)C1CCC(C2C(C)CC2C2CCCC3NC(C2)CC(C2CCC(C)C2)C3C2CCCC2)CC1. The van der Waals surface area contributed by atoms with Gasteiger partial charge in [-0.3, -0.25) is 0 Å². The van der Waals surface area contributed by atoms with E-state index in [0.717, 1.165) is 83.1 Å². The van der Waals surface area contributed by atoms with Crippen molar-refractivity contribution in [2.45, 2.75) is 188 Å². The Kier molecular flexibility index (Phi) is 11.0. The van der Waals surface area contributed by atoms with Crippen LogP contribution in [0.5, 0.6) is 0 Å². The number of piperidine rings is 1. The van der Waals surface area contributed by atoms with Crippen molar-refractivity contribution in [1.29, 1.82) is 0 Å². The van der Waals surface area contributed by atoms with Crippen molar-refractivity contribution >= 4 is 0 Å². The number of fused-ring (bicyclic) bond motifs is 2. The van der Waals surface area contributed by atoms with Gasteiger partial charge in [0.25, 0.3) is 0 Å². The first-order valence-electron chi connectivity index (χ1n) is 20.5. The summed E-state index contributed by atoms with van der Waals surface area (Å²) >= 11 is 0. The zero-order chi connectivity index (χ0) is 30.1. The van der Waals surface area contributed by atoms with Gasteiger partial charge < -0.3 is 5.32 Å². The monoisotopic (exact) mass is 594 g/mol. The van der Waals surface area contributed by atoms with Crippen LogP contribution in [0.25, 0.3) is 0 Å². The van der Waals surface area contributed by atoms with Crippen LogP contribution in [0.15, 0.2) is 0 Å². The maximum Gasteiger partial charge on any atom is 0.0103 e. The van der Waals surface area contributed by atoms with E-state index in [1.54, 1.807) is 51.4 Å². The van der Waals surface area contributed by atoms with Crippen LogP contribution in [0.1, 0.15) is 176 Å². The zero-order valence-corrected chi connectivity index (χ0v) is 29.9. The summed E-state index contributed by atoms with van der Waals surface area (Å²) < 4.78 is 0. The highest BCUT2D eigenvalue weighted by Crippen LogP contribution is 2.57. The average Bonchev–Trinajstić information content (AvgIpc) is 3.66. The minimum atomic E-state index is 0.551. The van der Waals surface area contributed by atoms with E-state index < -0.39 is 0 Å². The van der Waals surface area contributed by atoms with Gasteiger partial charge in [0.2, 0.25) is 0 Å². The lowest BCUT2D eigenvalue weighted by Gasteiger charge is -2.55. The Hall–Kier alpha value is -0.0400. The third-order valence-corrected chi connectivity index (χ3v) is 16.0. The largest absolute Gasteiger partial charge is 0.311 e. The normalized spacial score (nSPS) is 45.3. The molecule has 6 aliphatic rings. The van der Waals surface area contributed by atoms with Gasteiger partial charge in [0.05, 0.1) is 0 Å². The number of hydrogen-bond donors (Lipinski definition) is 1. The first kappa shape index (κ1) is 32.9. The van der Waals surface area contributed by atoms with Crippen molar-refractivity contribution in [2.75, 3.05) is 0 Å². The van der Waals surface area contributed by atoms with Gasteiger partial charge in [0, 0.05) is 12.1 Å². The molecule has 2 saturated heterocycles. The first-order valence-corrected chi connectivity index (χ1v) is 20.5. The number of hydrogen-bond acceptors (Lipinski definition) is 1. The summed E-state index contributed by atoms with van der Waals surface area (Å²) in [5.41, 5.74) is 0.551. The second-order valence-electron chi connectivity index (χ2n) is 19.1. The first-order chi connectivity index (χ1) is 20.7. The summed E-state index contributed by atoms with van der Waals surface area (Å²) in [7, 11) is 0. The van der Waals surface area contributed by atoms with E-state index in [0.29, 0.717) is 5.41 Å². The van der Waals surface area contributed by atoms with Crippen LogP contribution in [-0.4, -0.2) is 12.1 Å². The quantitative estimate of drug-likeness (QED) is 0.266. The molecule has 2 aliphatic heterocycles. The van der Waals surface area contributed by atoms with Gasteiger partial charge >= 0.3 is 0 Å². The molecular weight excluding hydrogens is 518 g/mol. The maximum atomic E-state index is 4.44. The highest BCUT2D eigenvalue weighted by atomic mass is 15.0. The third-order valence-electron chi connectivity index (χ3n) is 16.0. The highest BCUT2D eigenvalue weighted by molar-refractivity contribution is 5.03. The minimum Gasteiger partial charge on any atom is -0.311 e. The molecule has 2 bridgehead atoms. The van der Waals surface area contributed by atoms with E-state index in [9.17, 15) is 0 Å². The van der Waals surface area contributed by atoms with Crippen LogP contribution in [-0.2, 0) is 0 Å². The van der Waals surface area contributed by atoms with Crippen LogP contribution in [0.4, 0.5) is 0 Å². The van der Waals surface area contributed by atoms with E-state index in [1.807, 2.05) is 0 Å². The van der Waals surface area contributed by atoms with Crippen LogP contribution >= 0.6 is 0 Å². The molecule has 0 aromatic carbocycles. The Bertz CT molecular complexity index is 847. The van der Waals surface area contributed by atoms with Crippen molar-refractivity contribution in [3.8, 4) is 0 Å². The Labute approximate surface area is 269 Å². The summed E-state index contributed by atoms with van der Waals surface area (Å²) in [5, 5.41) is 4.44. The molecule has 1 heteroatoms. The molecule has 11 atom stereocenters. The van der Waals surface area contributed by atoms with Gasteiger partial charge in [-0.2, -0.15) is 0 Å². The molecule has 0 aromatic heterocycles. The molecule has 248 valence electrons. The van der Waals surface area contributed by atoms with E-state index in [1.165, 1.54) is 83.5 Å². The van der Waals surface area contributed by atoms with E-state index in [2.05, 4.69) is 46.9 Å². The highest BCUT2D eigenvalue weighted by Gasteiger charge is 2.51. The smallest absolute Gasteiger partial charge is 0.0103 e. The molecule has 1 nitrogen and oxygen atoms in total. The number of rotatable bonds is 10. The fourth-order valence-corrected chi connectivity index (χ4v) is 13.2. The molecule has 6 rings (SSSR count). The van der Waals surface area contributed by atoms with Crippen molar-refractivity contribution in [3.63, 3.8) is 0 Å². The van der Waals surface area contributed by atoms with Gasteiger partial charge in [0.1, 0.15) is 0 Å². The van der Waals surface area contributed by atoms with Crippen LogP contribution in [0, 0.1) is 76.4 Å². The maximum absolute atomic E-state index is 4.44. The molecule has 10 unspecified atom stereocenters. The van der Waals surface area contributed by atoms with Crippen molar-refractivity contribution < 1.29 is 0 Å². The average molecular weight is 594 g/mol. The summed E-state index contributed by atoms with van der Waals surface area (Å²) in [6.07, 6.45) is 31.8. The molecule has 0 spiro atoms. The van der Waals surface area contributed by atoms with Crippen molar-refractivity contribution in [1.82, 2.24) is 5.32 Å². The van der Waals surface area contributed by atoms with E-state index in [-0.39, 0.29) is 0 Å². The topological polar surface area (TPSA) is 12.0 Å². The Morgan fingerprint density at radius 2 is 1.33 bits per heavy atom. The third kappa shape index (κ3) is 7.43. The molecule has 4 saturated carbocycles. The Morgan fingerprint density at radius 3 is 2.00 bits per heavy atom. The molecule has 2 heterocycles. The fourth-order valence-electron chi connectivity index (χ4n) is 13.2. The van der Waals surface area contributed by atoms with Crippen molar-refractivity contribution in [3.05, 3.63) is 0 Å². The standard InChI is InChI=1S/C42H75N/c1-7-28(2)12-11-23-42(5,6)35-21-19-32(20-22-35)40-30(4)25-37(40)33-15-10-16-39-41(31-13-8-9-14-31)38(27-36(26-33)43-39)34-18-17-29(3)24-34/h28-41,43H,7-27H2,1-6H3/t28-,29?,30?,32?,33?,34?,35?,36?,37?,38?,39?,40?,41?/m1/s1. The molecule has 0 aromatic rings. The molecule has 6 fully saturated rings. The second kappa shape index (κ2) is 14.4. The Balaban J connectivity index is 1.06. The molecule has 4 aliphatic carbocycles. The zero-order valence-electron chi connectivity index (χ0n) is 29.9. The van der Waals surface area contributed by atoms with Gasteiger partial charge in [-0.15, -0.1) is 0 Å². The van der Waals surface area contributed by atoms with Gasteiger partial charge in [-0.25, -0.2) is 0 Å². The van der Waals surface area contributed by atoms with Gasteiger partial charge in [-0.05, 0) is 147 Å². The lowest BCUT2D eigenvalue weighted by atomic mass is 9.51. The van der Waals surface area contributed by atoms with E-state index >= 15 is 0 Å². The summed E-state index contributed by atoms with van der Waals surface area (Å²) in [6, 6.07) is 1.68. The lowest BCUT2D eigenvalue weighted by molar-refractivity contribution is -0.0508. The molecule has 0 radical (unpaired) electrons. The van der Waals surface area contributed by atoms with Crippen LogP contribution < -0.4 is 5.32 Å². The lowest BCUT2D eigenvalue weighted by Crippen LogP contribution is -2.57. The van der Waals surface area contributed by atoms with Gasteiger partial charge in [-0.1, -0.05) is 106 Å². The molecule has 43 heavy (non-hydrogen) atoms. The summed E-state index contributed by atoms with van der Waals surface area (Å²) in [5.74, 6) is 12.2. The summed E-state index contributed by atoms with van der Waals surface area (Å²) in [6.45, 7) is 15.3. The van der Waals surface area contributed by atoms with Crippen LogP contribution in [0.3, 0.4) is 0 Å². The predicted octanol–water partition coefficient (Wildman–Crippen LogP) is 12.1. The molecular formula is C42H75N. The van der Waals surface area contributed by atoms with Crippen molar-refractivity contribution in [2.24, 2.45) is 76.4 Å². The molecule has 0 amide bonds. The van der Waals surface area contributed by atoms with Gasteiger partial charge in [0.15, 0.2) is 0 Å². The Morgan fingerprint density at radius 1 is 0.674 bits per heavy atom. The fraction of sp³-hybridized carbons (Fsp3) is 1.00. The molecule has 1 N–H and O–H groups in total. The van der Waals surface area contributed by atoms with E-state index in [4.69, 9.17) is 0 Å². The van der Waals surface area contributed by atoms with Crippen LogP contribution in [0.2, 0.25) is 0 Å². The second-order valence-corrected chi connectivity index (χ2v) is 19.1. The summed E-state index contributed by atoms with van der Waals surface area (Å²) in [4.78, 5) is 0. The minimum absolute atomic E-state index is 0.551. The predicted molar refractivity (Wildman–Crippen MR) is 186 cm³/mol.